The van der Waals surface area contributed by atoms with E-state index in [2.05, 4.69) is 25.7 Å². The van der Waals surface area contributed by atoms with Crippen molar-refractivity contribution in [3.8, 4) is 0 Å². The van der Waals surface area contributed by atoms with Gasteiger partial charge in [0.25, 0.3) is 0 Å². The molecular weight excluding hydrogens is 1210 g/mol. The Kier molecular flexibility index (Phi) is 12.7. The molecule has 8 aromatic rings. The maximum atomic E-state index is 12.8. The van der Waals surface area contributed by atoms with E-state index >= 15 is 0 Å². The van der Waals surface area contributed by atoms with Crippen molar-refractivity contribution in [1.29, 1.82) is 0 Å². The van der Waals surface area contributed by atoms with Crippen LogP contribution in [0.2, 0.25) is 0 Å². The summed E-state index contributed by atoms with van der Waals surface area (Å²) >= 11 is -5.10. The van der Waals surface area contributed by atoms with Crippen LogP contribution in [0.3, 0.4) is 0 Å². The Hall–Kier alpha value is -2.68. The SMILES string of the molecule is Fc1c(F)c(F)c2n[te]nc2c1F.Fc1c(F)c(F)c2n[te]nc2c1F.Fc1c(F)c(F)c2n[te]nc2c1F.Fc1c(F)c(F)c2n[te]nc2c1F. The molecule has 0 aliphatic carbocycles. The van der Waals surface area contributed by atoms with E-state index < -0.39 is 221 Å². The van der Waals surface area contributed by atoms with Crippen molar-refractivity contribution in [2.24, 2.45) is 0 Å². The second-order valence-electron chi connectivity index (χ2n) is 8.87. The Labute approximate surface area is 314 Å². The van der Waals surface area contributed by atoms with Crippen LogP contribution < -0.4 is 0 Å². The van der Waals surface area contributed by atoms with Gasteiger partial charge in [-0.1, -0.05) is 0 Å². The van der Waals surface area contributed by atoms with Crippen molar-refractivity contribution in [2.75, 3.05) is 0 Å². The summed E-state index contributed by atoms with van der Waals surface area (Å²) in [5, 5.41) is 0. The number of nitrogens with zero attached hydrogens (tertiary/aromatic N) is 8. The van der Waals surface area contributed by atoms with E-state index in [0.29, 0.717) is 0 Å². The van der Waals surface area contributed by atoms with E-state index in [1.54, 1.807) is 0 Å². The van der Waals surface area contributed by atoms with Gasteiger partial charge in [0.05, 0.1) is 0 Å². The summed E-state index contributed by atoms with van der Waals surface area (Å²) in [6.45, 7) is 0. The Morgan fingerprint density at radius 2 is 0.269 bits per heavy atom. The number of halogens is 16. The first-order chi connectivity index (χ1) is 24.5. The topological polar surface area (TPSA) is 103 Å². The number of hydrogen-bond acceptors (Lipinski definition) is 8. The summed E-state index contributed by atoms with van der Waals surface area (Å²) in [7, 11) is 0. The van der Waals surface area contributed by atoms with Gasteiger partial charge in [-0.05, 0) is 0 Å². The van der Waals surface area contributed by atoms with Gasteiger partial charge in [0.15, 0.2) is 0 Å². The molecule has 8 nitrogen and oxygen atoms in total. The average Bonchev–Trinajstić information content (AvgIpc) is 3.98. The molecule has 4 aromatic carbocycles. The van der Waals surface area contributed by atoms with E-state index in [1.165, 1.54) is 0 Å². The zero-order valence-electron chi connectivity index (χ0n) is 23.3. The Balaban J connectivity index is 0.000000134. The van der Waals surface area contributed by atoms with E-state index in [4.69, 9.17) is 0 Å². The average molecular weight is 1210 g/mol. The zero-order valence-corrected chi connectivity index (χ0v) is 32.6. The Morgan fingerprint density at radius 3 is 0.365 bits per heavy atom. The second kappa shape index (κ2) is 16.4. The fraction of sp³-hybridized carbons (Fsp3) is 0. The molecule has 0 fully saturated rings. The van der Waals surface area contributed by atoms with Crippen molar-refractivity contribution < 1.29 is 70.2 Å². The molecule has 0 N–H and O–H groups in total. The number of aromatic nitrogens is 8. The summed E-state index contributed by atoms with van der Waals surface area (Å²) in [6.07, 6.45) is 0. The summed E-state index contributed by atoms with van der Waals surface area (Å²) in [5.74, 6) is -26.3. The first-order valence-electron chi connectivity index (χ1n) is 12.3. The first-order valence-corrected chi connectivity index (χ1v) is 20.6. The molecule has 272 valence electrons. The fourth-order valence-corrected chi connectivity index (χ4v) is 9.64. The third kappa shape index (κ3) is 7.38. The van der Waals surface area contributed by atoms with Crippen molar-refractivity contribution in [2.45, 2.75) is 0 Å². The summed E-state index contributed by atoms with van der Waals surface area (Å²) in [4.78, 5) is 0. The molecule has 0 atom stereocenters. The van der Waals surface area contributed by atoms with Gasteiger partial charge in [-0.2, -0.15) is 0 Å². The van der Waals surface area contributed by atoms with Crippen LogP contribution in [0.5, 0.6) is 0 Å². The molecule has 0 aliphatic heterocycles. The Bertz CT molecular complexity index is 2120. The summed E-state index contributed by atoms with van der Waals surface area (Å²) in [6, 6.07) is 0. The van der Waals surface area contributed by atoms with Crippen LogP contribution in [0.25, 0.3) is 44.1 Å². The third-order valence-corrected chi connectivity index (χ3v) is 12.0. The quantitative estimate of drug-likeness (QED) is 0.0909. The van der Waals surface area contributed by atoms with Crippen LogP contribution in [-0.4, -0.2) is 110 Å². The van der Waals surface area contributed by atoms with E-state index in [1.807, 2.05) is 0 Å². The molecule has 0 amide bonds. The molecule has 4 aromatic heterocycles. The van der Waals surface area contributed by atoms with Crippen molar-refractivity contribution in [1.82, 2.24) is 25.7 Å². The molecular formula is C24F16N8Te4. The number of fused-ring (bicyclic) bond motifs is 4. The molecule has 0 radical (unpaired) electrons. The molecule has 0 spiro atoms. The van der Waals surface area contributed by atoms with Crippen molar-refractivity contribution >= 4 is 128 Å². The minimum absolute atomic E-state index is 0.487. The van der Waals surface area contributed by atoms with Gasteiger partial charge in [-0.3, -0.25) is 0 Å². The maximum absolute atomic E-state index is 12.8. The fourth-order valence-electron chi connectivity index (χ4n) is 3.51. The molecule has 8 rings (SSSR count). The van der Waals surface area contributed by atoms with Crippen LogP contribution in [0, 0.1) is 93.1 Å². The monoisotopic (exact) mass is 1220 g/mol. The van der Waals surface area contributed by atoms with Crippen LogP contribution in [0.1, 0.15) is 0 Å². The minimum atomic E-state index is -1.83. The van der Waals surface area contributed by atoms with Crippen LogP contribution in [0.15, 0.2) is 0 Å². The zero-order chi connectivity index (χ0) is 38.3. The molecule has 0 unspecified atom stereocenters. The van der Waals surface area contributed by atoms with Gasteiger partial charge < -0.3 is 0 Å². The van der Waals surface area contributed by atoms with Gasteiger partial charge in [-0.15, -0.1) is 0 Å². The van der Waals surface area contributed by atoms with Gasteiger partial charge in [-0.25, -0.2) is 0 Å². The van der Waals surface area contributed by atoms with Crippen LogP contribution in [-0.2, 0) is 0 Å². The van der Waals surface area contributed by atoms with Gasteiger partial charge in [0.1, 0.15) is 0 Å². The van der Waals surface area contributed by atoms with Crippen LogP contribution >= 0.6 is 0 Å². The predicted octanol–water partition coefficient (Wildman–Crippen LogP) is 4.97. The standard InChI is InChI=1S/4C6F4N2Te/c4*7-1-2(8)4(10)6-5(3(1)9)11-13-12-6. The molecule has 4 heterocycles. The Morgan fingerprint density at radius 1 is 0.173 bits per heavy atom. The molecule has 0 bridgehead atoms. The number of benzene rings is 4. The second-order valence-corrected chi connectivity index (χ2v) is 14.9. The van der Waals surface area contributed by atoms with Gasteiger partial charge in [0, 0.05) is 0 Å². The van der Waals surface area contributed by atoms with Gasteiger partial charge in [0.2, 0.25) is 0 Å². The van der Waals surface area contributed by atoms with Crippen molar-refractivity contribution in [3.05, 3.63) is 93.1 Å². The molecule has 0 aliphatic rings. The summed E-state index contributed by atoms with van der Waals surface area (Å²) in [5.41, 5.74) is -3.90. The van der Waals surface area contributed by atoms with E-state index in [-0.39, 0.29) is 0 Å². The first kappa shape index (κ1) is 40.5. The number of rotatable bonds is 0. The normalized spacial score (nSPS) is 11.1. The molecule has 28 heteroatoms. The third-order valence-electron chi connectivity index (χ3n) is 5.93. The molecule has 0 saturated carbocycles. The molecule has 0 saturated heterocycles. The van der Waals surface area contributed by atoms with E-state index in [0.717, 1.165) is 0 Å². The van der Waals surface area contributed by atoms with Gasteiger partial charge >= 0.3 is 317 Å². The van der Waals surface area contributed by atoms with Crippen molar-refractivity contribution in [3.63, 3.8) is 0 Å². The summed E-state index contributed by atoms with van der Waals surface area (Å²) < 4.78 is 231. The predicted molar refractivity (Wildman–Crippen MR) is 145 cm³/mol. The molecule has 52 heavy (non-hydrogen) atoms. The van der Waals surface area contributed by atoms with E-state index in [9.17, 15) is 70.2 Å². The van der Waals surface area contributed by atoms with Crippen LogP contribution in [0.4, 0.5) is 70.2 Å². The number of hydrogen-bond donors (Lipinski definition) is 0.